The topological polar surface area (TPSA) is 52.3 Å². The first-order chi connectivity index (χ1) is 9.52. The lowest BCUT2D eigenvalue weighted by molar-refractivity contribution is 0.103. The van der Waals surface area contributed by atoms with E-state index in [1.54, 1.807) is 18.2 Å². The number of hydrogen-bond donors (Lipinski definition) is 1. The van der Waals surface area contributed by atoms with E-state index >= 15 is 0 Å². The molecule has 0 atom stereocenters. The summed E-state index contributed by atoms with van der Waals surface area (Å²) in [6.45, 7) is 2.23. The summed E-state index contributed by atoms with van der Waals surface area (Å²) < 4.78 is 19.9. The molecule has 104 valence electrons. The molecular formula is C15H13BrFNO2. The number of ketones is 1. The molecule has 20 heavy (non-hydrogen) atoms. The molecule has 0 fully saturated rings. The highest BCUT2D eigenvalue weighted by Crippen LogP contribution is 2.27. The van der Waals surface area contributed by atoms with E-state index < -0.39 is 11.6 Å². The van der Waals surface area contributed by atoms with Gasteiger partial charge >= 0.3 is 0 Å². The molecule has 0 aliphatic heterocycles. The zero-order valence-electron chi connectivity index (χ0n) is 10.8. The average molecular weight is 338 g/mol. The molecular weight excluding hydrogens is 325 g/mol. The van der Waals surface area contributed by atoms with Crippen LogP contribution in [0.5, 0.6) is 5.75 Å². The smallest absolute Gasteiger partial charge is 0.199 e. The molecule has 2 aromatic rings. The van der Waals surface area contributed by atoms with Crippen molar-refractivity contribution in [3.8, 4) is 5.75 Å². The highest BCUT2D eigenvalue weighted by atomic mass is 79.9. The Morgan fingerprint density at radius 2 is 2.00 bits per heavy atom. The van der Waals surface area contributed by atoms with Crippen molar-refractivity contribution in [2.24, 2.45) is 0 Å². The van der Waals surface area contributed by atoms with Crippen LogP contribution >= 0.6 is 15.9 Å². The first-order valence-electron chi connectivity index (χ1n) is 6.05. The van der Waals surface area contributed by atoms with Gasteiger partial charge in [-0.3, -0.25) is 4.79 Å². The molecule has 2 rings (SSSR count). The number of halogens is 2. The van der Waals surface area contributed by atoms with Crippen LogP contribution in [0.1, 0.15) is 22.8 Å². The van der Waals surface area contributed by atoms with Gasteiger partial charge < -0.3 is 10.5 Å². The van der Waals surface area contributed by atoms with Crippen molar-refractivity contribution in [2.45, 2.75) is 6.92 Å². The van der Waals surface area contributed by atoms with E-state index in [-0.39, 0.29) is 5.56 Å². The van der Waals surface area contributed by atoms with E-state index in [0.717, 1.165) is 0 Å². The summed E-state index contributed by atoms with van der Waals surface area (Å²) in [5.74, 6) is -0.645. The highest BCUT2D eigenvalue weighted by molar-refractivity contribution is 9.10. The summed E-state index contributed by atoms with van der Waals surface area (Å²) in [5, 5.41) is 0. The van der Waals surface area contributed by atoms with Crippen LogP contribution in [0.25, 0.3) is 0 Å². The molecule has 0 bridgehead atoms. The van der Waals surface area contributed by atoms with Crippen molar-refractivity contribution in [3.63, 3.8) is 0 Å². The molecule has 0 heterocycles. The fourth-order valence-electron chi connectivity index (χ4n) is 1.82. The molecule has 3 nitrogen and oxygen atoms in total. The lowest BCUT2D eigenvalue weighted by Gasteiger charge is -2.10. The number of rotatable bonds is 4. The van der Waals surface area contributed by atoms with E-state index in [9.17, 15) is 9.18 Å². The molecule has 0 saturated carbocycles. The van der Waals surface area contributed by atoms with Gasteiger partial charge in [-0.1, -0.05) is 15.9 Å². The summed E-state index contributed by atoms with van der Waals surface area (Å²) in [6, 6.07) is 8.96. The Morgan fingerprint density at radius 3 is 2.70 bits per heavy atom. The van der Waals surface area contributed by atoms with Crippen LogP contribution in [-0.4, -0.2) is 12.4 Å². The lowest BCUT2D eigenvalue weighted by atomic mass is 10.0. The molecule has 0 aliphatic rings. The molecule has 0 saturated heterocycles. The standard InChI is InChI=1S/C15H13BrFNO2/c1-2-20-14-6-3-9(16)7-12(14)15(19)11-8-10(18)4-5-13(11)17/h3-8H,2,18H2,1H3. The predicted molar refractivity (Wildman–Crippen MR) is 79.6 cm³/mol. The number of benzene rings is 2. The zero-order chi connectivity index (χ0) is 14.7. The van der Waals surface area contributed by atoms with Crippen LogP contribution in [-0.2, 0) is 0 Å². The van der Waals surface area contributed by atoms with Gasteiger partial charge in [-0.25, -0.2) is 4.39 Å². The van der Waals surface area contributed by atoms with Crippen LogP contribution in [0.2, 0.25) is 0 Å². The summed E-state index contributed by atoms with van der Waals surface area (Å²) in [5.41, 5.74) is 6.18. The Labute approximate surface area is 124 Å². The van der Waals surface area contributed by atoms with E-state index in [4.69, 9.17) is 10.5 Å². The number of anilines is 1. The third kappa shape index (κ3) is 2.99. The molecule has 2 N–H and O–H groups in total. The largest absolute Gasteiger partial charge is 0.493 e. The zero-order valence-corrected chi connectivity index (χ0v) is 12.4. The van der Waals surface area contributed by atoms with Gasteiger partial charge in [-0.2, -0.15) is 0 Å². The molecule has 0 aliphatic carbocycles. The Bertz CT molecular complexity index is 658. The van der Waals surface area contributed by atoms with E-state index in [0.29, 0.717) is 28.1 Å². The Morgan fingerprint density at radius 1 is 1.25 bits per heavy atom. The second-order valence-electron chi connectivity index (χ2n) is 4.14. The van der Waals surface area contributed by atoms with Crippen LogP contribution in [0.15, 0.2) is 40.9 Å². The number of carbonyl (C=O) groups is 1. The maximum atomic E-state index is 13.8. The number of carbonyl (C=O) groups excluding carboxylic acids is 1. The maximum Gasteiger partial charge on any atom is 0.199 e. The van der Waals surface area contributed by atoms with Crippen molar-refractivity contribution in [1.29, 1.82) is 0 Å². The third-order valence-electron chi connectivity index (χ3n) is 2.72. The van der Waals surface area contributed by atoms with Crippen LogP contribution < -0.4 is 10.5 Å². The third-order valence-corrected chi connectivity index (χ3v) is 3.21. The first kappa shape index (κ1) is 14.5. The van der Waals surface area contributed by atoms with Gasteiger partial charge in [-0.15, -0.1) is 0 Å². The van der Waals surface area contributed by atoms with Gasteiger partial charge in [0.25, 0.3) is 0 Å². The van der Waals surface area contributed by atoms with E-state index in [2.05, 4.69) is 15.9 Å². The average Bonchev–Trinajstić information content (AvgIpc) is 2.43. The Kier molecular flexibility index (Phi) is 4.39. The second-order valence-corrected chi connectivity index (χ2v) is 5.06. The Hall–Kier alpha value is -1.88. The predicted octanol–water partition coefficient (Wildman–Crippen LogP) is 3.80. The number of nitrogens with two attached hydrogens (primary N) is 1. The monoisotopic (exact) mass is 337 g/mol. The quantitative estimate of drug-likeness (QED) is 0.681. The van der Waals surface area contributed by atoms with Gasteiger partial charge in [0, 0.05) is 10.2 Å². The van der Waals surface area contributed by atoms with Gasteiger partial charge in [-0.05, 0) is 43.3 Å². The molecule has 2 aromatic carbocycles. The molecule has 5 heteroatoms. The molecule has 0 amide bonds. The van der Waals surface area contributed by atoms with Gasteiger partial charge in [0.05, 0.1) is 17.7 Å². The Balaban J connectivity index is 2.52. The molecule has 0 aromatic heterocycles. The van der Waals surface area contributed by atoms with Gasteiger partial charge in [0.1, 0.15) is 11.6 Å². The normalized spacial score (nSPS) is 10.3. The summed E-state index contributed by atoms with van der Waals surface area (Å²) >= 11 is 3.30. The van der Waals surface area contributed by atoms with Crippen molar-refractivity contribution in [1.82, 2.24) is 0 Å². The lowest BCUT2D eigenvalue weighted by Crippen LogP contribution is -2.08. The van der Waals surface area contributed by atoms with E-state index in [1.807, 2.05) is 6.92 Å². The SMILES string of the molecule is CCOc1ccc(Br)cc1C(=O)c1cc(N)ccc1F. The number of hydrogen-bond acceptors (Lipinski definition) is 3. The maximum absolute atomic E-state index is 13.8. The van der Waals surface area contributed by atoms with Crippen LogP contribution in [0.4, 0.5) is 10.1 Å². The summed E-state index contributed by atoms with van der Waals surface area (Å²) in [4.78, 5) is 12.5. The summed E-state index contributed by atoms with van der Waals surface area (Å²) in [7, 11) is 0. The summed E-state index contributed by atoms with van der Waals surface area (Å²) in [6.07, 6.45) is 0. The van der Waals surface area contributed by atoms with Crippen molar-refractivity contribution < 1.29 is 13.9 Å². The van der Waals surface area contributed by atoms with Gasteiger partial charge in [0.2, 0.25) is 0 Å². The van der Waals surface area contributed by atoms with Crippen molar-refractivity contribution in [2.75, 3.05) is 12.3 Å². The number of nitrogen functional groups attached to an aromatic ring is 1. The number of ether oxygens (including phenoxy) is 1. The minimum Gasteiger partial charge on any atom is -0.493 e. The molecule has 0 unspecified atom stereocenters. The fourth-order valence-corrected chi connectivity index (χ4v) is 2.18. The minimum absolute atomic E-state index is 0.0657. The van der Waals surface area contributed by atoms with Crippen molar-refractivity contribution in [3.05, 3.63) is 57.8 Å². The van der Waals surface area contributed by atoms with Crippen molar-refractivity contribution >= 4 is 27.4 Å². The minimum atomic E-state index is -0.605. The van der Waals surface area contributed by atoms with Crippen LogP contribution in [0.3, 0.4) is 0 Å². The van der Waals surface area contributed by atoms with Crippen LogP contribution in [0, 0.1) is 5.82 Å². The van der Waals surface area contributed by atoms with E-state index in [1.165, 1.54) is 18.2 Å². The highest BCUT2D eigenvalue weighted by Gasteiger charge is 2.19. The first-order valence-corrected chi connectivity index (χ1v) is 6.84. The fraction of sp³-hybridized carbons (Fsp3) is 0.133. The van der Waals surface area contributed by atoms with Gasteiger partial charge in [0.15, 0.2) is 5.78 Å². The second kappa shape index (κ2) is 6.05. The molecule has 0 spiro atoms. The molecule has 0 radical (unpaired) electrons.